The van der Waals surface area contributed by atoms with E-state index in [-0.39, 0.29) is 30.3 Å². The zero-order valence-electron chi connectivity index (χ0n) is 22.1. The van der Waals surface area contributed by atoms with Gasteiger partial charge in [-0.25, -0.2) is 13.8 Å². The number of nitrogens with zero attached hydrogens (tertiary/aromatic N) is 3. The lowest BCUT2D eigenvalue weighted by molar-refractivity contribution is -0.241. The van der Waals surface area contributed by atoms with Crippen LogP contribution in [0.25, 0.3) is 0 Å². The summed E-state index contributed by atoms with van der Waals surface area (Å²) in [5.41, 5.74) is -6.41. The van der Waals surface area contributed by atoms with Crippen LogP contribution in [-0.4, -0.2) is 79.6 Å². The largest absolute Gasteiger partial charge is 0.390 e. The smallest absolute Gasteiger partial charge is 0.192 e. The van der Waals surface area contributed by atoms with E-state index in [1.165, 1.54) is 26.0 Å². The van der Waals surface area contributed by atoms with E-state index in [0.29, 0.717) is 32.5 Å². The topological polar surface area (TPSA) is 105 Å². The van der Waals surface area contributed by atoms with Gasteiger partial charge in [-0.15, -0.1) is 0 Å². The monoisotopic (exact) mass is 533 g/mol. The molecule has 2 saturated carbocycles. The molecule has 1 aliphatic heterocycles. The molecule has 1 aromatic heterocycles. The molecular weight excluding hydrogens is 496 g/mol. The average Bonchev–Trinajstić information content (AvgIpc) is 3.57. The minimum Gasteiger partial charge on any atom is -0.390 e. The summed E-state index contributed by atoms with van der Waals surface area (Å²) >= 11 is 0. The molecule has 4 aliphatic rings. The fraction of sp³-hybridized carbons (Fsp3) is 0.679. The van der Waals surface area contributed by atoms with Gasteiger partial charge in [0.15, 0.2) is 17.2 Å². The van der Waals surface area contributed by atoms with Crippen LogP contribution in [0.1, 0.15) is 46.5 Å². The van der Waals surface area contributed by atoms with Crippen LogP contribution in [0.15, 0.2) is 42.5 Å². The van der Waals surface area contributed by atoms with Gasteiger partial charge in [-0.3, -0.25) is 14.4 Å². The van der Waals surface area contributed by atoms with Crippen LogP contribution in [-0.2, 0) is 21.0 Å². The number of allylic oxidation sites excluding steroid dienone is 4. The number of ketones is 2. The number of rotatable bonds is 5. The Morgan fingerprint density at radius 3 is 2.68 bits per heavy atom. The van der Waals surface area contributed by atoms with Crippen LogP contribution < -0.4 is 0 Å². The van der Waals surface area contributed by atoms with Crippen molar-refractivity contribution in [2.75, 3.05) is 19.7 Å². The number of fused-ring (bicyclic) bond motifs is 4. The van der Waals surface area contributed by atoms with Crippen LogP contribution in [0.5, 0.6) is 0 Å². The summed E-state index contributed by atoms with van der Waals surface area (Å²) in [6.07, 6.45) is 6.56. The van der Waals surface area contributed by atoms with Gasteiger partial charge in [0.2, 0.25) is 0 Å². The van der Waals surface area contributed by atoms with Gasteiger partial charge in [0.25, 0.3) is 0 Å². The van der Waals surface area contributed by atoms with Gasteiger partial charge < -0.3 is 14.8 Å². The minimum atomic E-state index is -2.35. The molecule has 8 atom stereocenters. The molecular formula is C28H37F2N3O5. The standard InChI is InChI=1S/C28H37F2N3O5/c1-25-7-6-20(35)13-21(25)22(29)5-4-18-12-19-15-33(11-10-32-9-8-31-17-32)38-28(19,24(37)16-34)26(18,2)14-23(36)27(25,3)30/h6-9,13,17-19,22-23,34,36H,4-5,10-12,14-16H2,1-3H3. The molecule has 5 rings (SSSR count). The lowest BCUT2D eigenvalue weighted by atomic mass is 9.57. The number of carbonyl (C=O) groups is 2. The Morgan fingerprint density at radius 1 is 1.24 bits per heavy atom. The SMILES string of the molecule is CC12C=CC(=O)C=C1C(F)CCC1CC3CN(CCn4ccnc4)OC3(C(=O)CO)C1(C)CC(O)C2(C)F. The number of halogens is 2. The molecule has 0 amide bonds. The first kappa shape index (κ1) is 27.3. The molecule has 208 valence electrons. The van der Waals surface area contributed by atoms with E-state index in [4.69, 9.17) is 4.84 Å². The summed E-state index contributed by atoms with van der Waals surface area (Å²) in [5, 5.41) is 23.3. The lowest BCUT2D eigenvalue weighted by Crippen LogP contribution is -2.60. The van der Waals surface area contributed by atoms with E-state index in [2.05, 4.69) is 4.98 Å². The molecule has 1 aromatic rings. The maximum Gasteiger partial charge on any atom is 0.192 e. The Morgan fingerprint density at radius 2 is 2.00 bits per heavy atom. The van der Waals surface area contributed by atoms with Crippen molar-refractivity contribution < 1.29 is 33.4 Å². The summed E-state index contributed by atoms with van der Waals surface area (Å²) in [4.78, 5) is 36.2. The maximum absolute atomic E-state index is 16.8. The molecule has 38 heavy (non-hydrogen) atoms. The predicted octanol–water partition coefficient (Wildman–Crippen LogP) is 2.76. The Hall–Kier alpha value is -2.27. The number of hydroxylamine groups is 2. The van der Waals surface area contributed by atoms with E-state index in [0.717, 1.165) is 6.08 Å². The summed E-state index contributed by atoms with van der Waals surface area (Å²) in [6, 6.07) is 0. The molecule has 2 heterocycles. The minimum absolute atomic E-state index is 0.0407. The van der Waals surface area contributed by atoms with Crippen molar-refractivity contribution in [3.63, 3.8) is 0 Å². The van der Waals surface area contributed by atoms with Gasteiger partial charge >= 0.3 is 0 Å². The number of aromatic nitrogens is 2. The van der Waals surface area contributed by atoms with Crippen LogP contribution in [0.3, 0.4) is 0 Å². The molecule has 8 unspecified atom stereocenters. The van der Waals surface area contributed by atoms with E-state index in [1.807, 2.05) is 17.7 Å². The van der Waals surface area contributed by atoms with Crippen molar-refractivity contribution in [3.05, 3.63) is 42.5 Å². The average molecular weight is 534 g/mol. The van der Waals surface area contributed by atoms with E-state index in [9.17, 15) is 19.8 Å². The summed E-state index contributed by atoms with van der Waals surface area (Å²) in [7, 11) is 0. The van der Waals surface area contributed by atoms with E-state index in [1.54, 1.807) is 17.6 Å². The van der Waals surface area contributed by atoms with Crippen molar-refractivity contribution in [2.24, 2.45) is 22.7 Å². The zero-order chi connectivity index (χ0) is 27.5. The lowest BCUT2D eigenvalue weighted by Gasteiger charge is -2.51. The third kappa shape index (κ3) is 3.86. The van der Waals surface area contributed by atoms with E-state index < -0.39 is 52.5 Å². The Balaban J connectivity index is 1.52. The van der Waals surface area contributed by atoms with Crippen molar-refractivity contribution in [2.45, 2.75) is 76.5 Å². The first-order valence-corrected chi connectivity index (χ1v) is 13.4. The molecule has 0 aromatic carbocycles. The molecule has 2 N–H and O–H groups in total. The van der Waals surface area contributed by atoms with Crippen LogP contribution in [0.2, 0.25) is 0 Å². The highest BCUT2D eigenvalue weighted by atomic mass is 19.1. The second-order valence-electron chi connectivity index (χ2n) is 12.0. The van der Waals surface area contributed by atoms with Crippen molar-refractivity contribution in [1.29, 1.82) is 0 Å². The van der Waals surface area contributed by atoms with Crippen LogP contribution in [0, 0.1) is 22.7 Å². The van der Waals surface area contributed by atoms with E-state index >= 15 is 8.78 Å². The highest BCUT2D eigenvalue weighted by molar-refractivity contribution is 6.01. The fourth-order valence-corrected chi connectivity index (χ4v) is 7.66. The zero-order valence-corrected chi connectivity index (χ0v) is 22.1. The first-order chi connectivity index (χ1) is 17.9. The van der Waals surface area contributed by atoms with Crippen molar-refractivity contribution in [3.8, 4) is 0 Å². The van der Waals surface area contributed by atoms with Gasteiger partial charge in [-0.05, 0) is 63.2 Å². The Labute approximate surface area is 221 Å². The number of carbonyl (C=O) groups excluding carboxylic acids is 2. The molecule has 0 bridgehead atoms. The summed E-state index contributed by atoms with van der Waals surface area (Å²) in [5.74, 6) is -1.48. The molecule has 1 saturated heterocycles. The summed E-state index contributed by atoms with van der Waals surface area (Å²) in [6.45, 7) is 5.27. The van der Waals surface area contributed by atoms with Gasteiger partial charge in [0, 0.05) is 48.8 Å². The number of hydrogen-bond acceptors (Lipinski definition) is 7. The molecule has 10 heteroatoms. The predicted molar refractivity (Wildman–Crippen MR) is 134 cm³/mol. The Kier molecular flexibility index (Phi) is 6.78. The number of imidazole rings is 1. The van der Waals surface area contributed by atoms with Gasteiger partial charge in [-0.2, -0.15) is 5.06 Å². The van der Waals surface area contributed by atoms with Crippen molar-refractivity contribution >= 4 is 11.6 Å². The fourth-order valence-electron chi connectivity index (χ4n) is 7.66. The third-order valence-corrected chi connectivity index (χ3v) is 10.2. The van der Waals surface area contributed by atoms with Crippen molar-refractivity contribution in [1.82, 2.24) is 14.6 Å². The highest BCUT2D eigenvalue weighted by Crippen LogP contribution is 2.64. The van der Waals surface area contributed by atoms with Crippen LogP contribution >= 0.6 is 0 Å². The third-order valence-electron chi connectivity index (χ3n) is 10.2. The van der Waals surface area contributed by atoms with Crippen LogP contribution in [0.4, 0.5) is 8.78 Å². The number of aliphatic hydroxyl groups is 2. The number of alkyl halides is 2. The second-order valence-corrected chi connectivity index (χ2v) is 12.0. The normalized spacial score (nSPS) is 43.3. The number of Topliss-reactive ketones (excluding diaryl/α,β-unsaturated/α-hetero) is 1. The number of aliphatic hydroxyl groups excluding tert-OH is 2. The maximum atomic E-state index is 16.8. The highest BCUT2D eigenvalue weighted by Gasteiger charge is 2.72. The second kappa shape index (κ2) is 9.43. The molecule has 3 aliphatic carbocycles. The van der Waals surface area contributed by atoms with Gasteiger partial charge in [0.05, 0.1) is 12.4 Å². The van der Waals surface area contributed by atoms with Gasteiger partial charge in [-0.1, -0.05) is 13.0 Å². The first-order valence-electron chi connectivity index (χ1n) is 13.4. The summed E-state index contributed by atoms with van der Waals surface area (Å²) < 4.78 is 34.4. The molecule has 8 nitrogen and oxygen atoms in total. The molecule has 0 spiro atoms. The quantitative estimate of drug-likeness (QED) is 0.600. The molecule has 0 radical (unpaired) electrons. The van der Waals surface area contributed by atoms with Gasteiger partial charge in [0.1, 0.15) is 18.4 Å². The number of hydrogen-bond donors (Lipinski definition) is 2. The molecule has 3 fully saturated rings. The Bertz CT molecular complexity index is 1150.